The standard InChI is InChI=1S/C18H23N3O/c1-12(2)13(3)19-18(22)17-15-10-7-11-16(15)21(20-17)14-8-5-4-6-9-14/h4-6,8-9,12-13H,7,10-11H2,1-3H3,(H,19,22)/t13-/m0/s1. The molecule has 1 aliphatic rings. The summed E-state index contributed by atoms with van der Waals surface area (Å²) >= 11 is 0. The Kier molecular flexibility index (Phi) is 4.01. The number of para-hydroxylation sites is 1. The lowest BCUT2D eigenvalue weighted by molar-refractivity contribution is 0.0924. The highest BCUT2D eigenvalue weighted by molar-refractivity contribution is 5.94. The third-order valence-electron chi connectivity index (χ3n) is 4.50. The molecule has 0 spiro atoms. The summed E-state index contributed by atoms with van der Waals surface area (Å²) in [5.41, 5.74) is 3.94. The Morgan fingerprint density at radius 2 is 1.91 bits per heavy atom. The summed E-state index contributed by atoms with van der Waals surface area (Å²) in [4.78, 5) is 12.6. The van der Waals surface area contributed by atoms with Crippen molar-refractivity contribution in [1.29, 1.82) is 0 Å². The van der Waals surface area contributed by atoms with E-state index in [4.69, 9.17) is 0 Å². The van der Waals surface area contributed by atoms with E-state index in [1.54, 1.807) is 0 Å². The molecule has 1 aromatic heterocycles. The Hall–Kier alpha value is -2.10. The maximum atomic E-state index is 12.6. The number of carbonyl (C=O) groups excluding carboxylic acids is 1. The van der Waals surface area contributed by atoms with Gasteiger partial charge < -0.3 is 5.32 Å². The predicted octanol–water partition coefficient (Wildman–Crippen LogP) is 3.14. The van der Waals surface area contributed by atoms with Crippen molar-refractivity contribution >= 4 is 5.91 Å². The average molecular weight is 297 g/mol. The molecule has 0 fully saturated rings. The van der Waals surface area contributed by atoms with Gasteiger partial charge >= 0.3 is 0 Å². The van der Waals surface area contributed by atoms with E-state index in [0.717, 1.165) is 30.5 Å². The zero-order valence-electron chi connectivity index (χ0n) is 13.5. The Morgan fingerprint density at radius 1 is 1.18 bits per heavy atom. The number of rotatable bonds is 4. The lowest BCUT2D eigenvalue weighted by Crippen LogP contribution is -2.36. The highest BCUT2D eigenvalue weighted by Crippen LogP contribution is 2.27. The molecule has 0 aliphatic heterocycles. The van der Waals surface area contributed by atoms with Crippen LogP contribution in [-0.4, -0.2) is 21.7 Å². The Morgan fingerprint density at radius 3 is 2.59 bits per heavy atom. The van der Waals surface area contributed by atoms with Crippen LogP contribution >= 0.6 is 0 Å². The summed E-state index contributed by atoms with van der Waals surface area (Å²) < 4.78 is 1.94. The van der Waals surface area contributed by atoms with Gasteiger partial charge in [-0.2, -0.15) is 5.10 Å². The fourth-order valence-corrected chi connectivity index (χ4v) is 2.84. The molecule has 1 aromatic carbocycles. The van der Waals surface area contributed by atoms with E-state index in [1.165, 1.54) is 5.69 Å². The fourth-order valence-electron chi connectivity index (χ4n) is 2.84. The van der Waals surface area contributed by atoms with Crippen molar-refractivity contribution in [1.82, 2.24) is 15.1 Å². The van der Waals surface area contributed by atoms with Gasteiger partial charge in [0.05, 0.1) is 5.69 Å². The molecule has 1 heterocycles. The lowest BCUT2D eigenvalue weighted by Gasteiger charge is -2.16. The number of aromatic nitrogens is 2. The zero-order chi connectivity index (χ0) is 15.7. The van der Waals surface area contributed by atoms with E-state index < -0.39 is 0 Å². The number of benzene rings is 1. The van der Waals surface area contributed by atoms with E-state index in [-0.39, 0.29) is 11.9 Å². The molecule has 2 aromatic rings. The van der Waals surface area contributed by atoms with E-state index in [0.29, 0.717) is 11.6 Å². The fraction of sp³-hybridized carbons (Fsp3) is 0.444. The smallest absolute Gasteiger partial charge is 0.272 e. The number of fused-ring (bicyclic) bond motifs is 1. The van der Waals surface area contributed by atoms with Gasteiger partial charge in [0, 0.05) is 17.3 Å². The first-order valence-corrected chi connectivity index (χ1v) is 8.05. The van der Waals surface area contributed by atoms with Gasteiger partial charge in [-0.15, -0.1) is 0 Å². The first-order chi connectivity index (χ1) is 10.6. The van der Waals surface area contributed by atoms with E-state index in [1.807, 2.05) is 41.9 Å². The summed E-state index contributed by atoms with van der Waals surface area (Å²) in [5.74, 6) is 0.363. The third kappa shape index (κ3) is 2.65. The van der Waals surface area contributed by atoms with Crippen LogP contribution in [-0.2, 0) is 12.8 Å². The molecule has 0 bridgehead atoms. The second-order valence-corrected chi connectivity index (χ2v) is 6.38. The molecule has 22 heavy (non-hydrogen) atoms. The van der Waals surface area contributed by atoms with Crippen LogP contribution in [0.15, 0.2) is 30.3 Å². The van der Waals surface area contributed by atoms with Crippen LogP contribution in [0.25, 0.3) is 5.69 Å². The Balaban J connectivity index is 1.95. The Bertz CT molecular complexity index is 673. The van der Waals surface area contributed by atoms with Crippen molar-refractivity contribution in [3.8, 4) is 5.69 Å². The molecule has 1 aliphatic carbocycles. The lowest BCUT2D eigenvalue weighted by atomic mass is 10.1. The number of hydrogen-bond acceptors (Lipinski definition) is 2. The van der Waals surface area contributed by atoms with Gasteiger partial charge in [0.2, 0.25) is 0 Å². The van der Waals surface area contributed by atoms with Gasteiger partial charge in [-0.05, 0) is 44.2 Å². The third-order valence-corrected chi connectivity index (χ3v) is 4.50. The second-order valence-electron chi connectivity index (χ2n) is 6.38. The minimum absolute atomic E-state index is 0.0472. The van der Waals surface area contributed by atoms with Crippen molar-refractivity contribution in [3.63, 3.8) is 0 Å². The van der Waals surface area contributed by atoms with Crippen LogP contribution in [0.4, 0.5) is 0 Å². The van der Waals surface area contributed by atoms with Gasteiger partial charge in [-0.3, -0.25) is 4.79 Å². The SMILES string of the molecule is CC(C)[C@H](C)NC(=O)c1nn(-c2ccccc2)c2c1CCC2. The number of nitrogens with zero attached hydrogens (tertiary/aromatic N) is 2. The summed E-state index contributed by atoms with van der Waals surface area (Å²) in [5, 5.41) is 7.69. The van der Waals surface area contributed by atoms with Gasteiger partial charge in [0.25, 0.3) is 5.91 Å². The van der Waals surface area contributed by atoms with Crippen LogP contribution in [0.2, 0.25) is 0 Å². The van der Waals surface area contributed by atoms with Crippen LogP contribution < -0.4 is 5.32 Å². The first kappa shape index (κ1) is 14.8. The van der Waals surface area contributed by atoms with Crippen molar-refractivity contribution in [2.75, 3.05) is 0 Å². The number of nitrogens with one attached hydrogen (secondary N) is 1. The summed E-state index contributed by atoms with van der Waals surface area (Å²) in [6.45, 7) is 6.26. The molecule has 4 nitrogen and oxygen atoms in total. The van der Waals surface area contributed by atoms with Crippen molar-refractivity contribution in [2.45, 2.75) is 46.1 Å². The van der Waals surface area contributed by atoms with Gasteiger partial charge in [0.15, 0.2) is 5.69 Å². The maximum Gasteiger partial charge on any atom is 0.272 e. The van der Waals surface area contributed by atoms with Crippen LogP contribution in [0.3, 0.4) is 0 Å². The van der Waals surface area contributed by atoms with Gasteiger partial charge in [-0.25, -0.2) is 4.68 Å². The molecular weight excluding hydrogens is 274 g/mol. The summed E-state index contributed by atoms with van der Waals surface area (Å²) in [7, 11) is 0. The van der Waals surface area contributed by atoms with E-state index in [9.17, 15) is 4.79 Å². The molecule has 0 saturated carbocycles. The minimum atomic E-state index is -0.0472. The van der Waals surface area contributed by atoms with Crippen molar-refractivity contribution in [3.05, 3.63) is 47.3 Å². The minimum Gasteiger partial charge on any atom is -0.348 e. The predicted molar refractivity (Wildman–Crippen MR) is 87.4 cm³/mol. The number of amides is 1. The van der Waals surface area contributed by atoms with Crippen molar-refractivity contribution < 1.29 is 4.79 Å². The number of carbonyl (C=O) groups is 1. The zero-order valence-corrected chi connectivity index (χ0v) is 13.5. The molecule has 1 N–H and O–H groups in total. The molecular formula is C18H23N3O. The summed E-state index contributed by atoms with van der Waals surface area (Å²) in [6, 6.07) is 10.2. The normalized spacial score (nSPS) is 14.9. The molecule has 0 unspecified atom stereocenters. The molecule has 116 valence electrons. The average Bonchev–Trinajstić information content (AvgIpc) is 3.09. The van der Waals surface area contributed by atoms with Gasteiger partial charge in [-0.1, -0.05) is 32.0 Å². The van der Waals surface area contributed by atoms with Gasteiger partial charge in [0.1, 0.15) is 0 Å². The van der Waals surface area contributed by atoms with Crippen LogP contribution in [0.1, 0.15) is 48.9 Å². The molecule has 1 amide bonds. The molecule has 3 rings (SSSR count). The summed E-state index contributed by atoms with van der Waals surface area (Å²) in [6.07, 6.45) is 3.03. The first-order valence-electron chi connectivity index (χ1n) is 8.05. The van der Waals surface area contributed by atoms with Crippen molar-refractivity contribution in [2.24, 2.45) is 5.92 Å². The topological polar surface area (TPSA) is 46.9 Å². The highest BCUT2D eigenvalue weighted by Gasteiger charge is 2.27. The molecule has 0 saturated heterocycles. The number of hydrogen-bond donors (Lipinski definition) is 1. The molecule has 0 radical (unpaired) electrons. The van der Waals surface area contributed by atoms with E-state index >= 15 is 0 Å². The second kappa shape index (κ2) is 5.95. The van der Waals surface area contributed by atoms with E-state index in [2.05, 4.69) is 24.3 Å². The maximum absolute atomic E-state index is 12.6. The Labute approximate surface area is 131 Å². The van der Waals surface area contributed by atoms with Crippen LogP contribution in [0, 0.1) is 5.92 Å². The molecule has 1 atom stereocenters. The van der Waals surface area contributed by atoms with Crippen LogP contribution in [0.5, 0.6) is 0 Å². The quantitative estimate of drug-likeness (QED) is 0.942. The molecule has 4 heteroatoms. The highest BCUT2D eigenvalue weighted by atomic mass is 16.2. The monoisotopic (exact) mass is 297 g/mol. The largest absolute Gasteiger partial charge is 0.348 e.